The van der Waals surface area contributed by atoms with E-state index in [9.17, 15) is 39.6 Å². The molecule has 1 N–H and O–H groups in total. The van der Waals surface area contributed by atoms with Crippen LogP contribution >= 0.6 is 11.3 Å². The molecule has 1 aliphatic rings. The van der Waals surface area contributed by atoms with Crippen LogP contribution in [-0.2, 0) is 21.4 Å². The van der Waals surface area contributed by atoms with Crippen molar-refractivity contribution in [3.63, 3.8) is 0 Å². The fourth-order valence-corrected chi connectivity index (χ4v) is 7.93. The van der Waals surface area contributed by atoms with Gasteiger partial charge in [0, 0.05) is 31.6 Å². The largest absolute Gasteiger partial charge is 0.573 e. The number of rotatable bonds is 8. The van der Waals surface area contributed by atoms with Gasteiger partial charge in [0.2, 0.25) is 15.9 Å². The summed E-state index contributed by atoms with van der Waals surface area (Å²) in [7, 11) is -4.40. The number of hydrogen-bond acceptors (Lipinski definition) is 9. The summed E-state index contributed by atoms with van der Waals surface area (Å²) >= 11 is 1.41. The molecule has 10 nitrogen and oxygen atoms in total. The highest BCUT2D eigenvalue weighted by Crippen LogP contribution is 2.39. The Bertz CT molecular complexity index is 1830. The molecule has 1 aliphatic heterocycles. The number of aromatic nitrogens is 2. The molecular formula is C28H25F6N5O5S2. The molecule has 1 amide bonds. The lowest BCUT2D eigenvalue weighted by molar-refractivity contribution is -0.275. The molecule has 0 saturated carbocycles. The van der Waals surface area contributed by atoms with Crippen LogP contribution in [0.2, 0.25) is 0 Å². The third-order valence-electron chi connectivity index (χ3n) is 7.10. The third-order valence-corrected chi connectivity index (χ3v) is 10.3. The van der Waals surface area contributed by atoms with Crippen molar-refractivity contribution in [2.24, 2.45) is 0 Å². The van der Waals surface area contributed by atoms with Crippen LogP contribution in [0.25, 0.3) is 10.1 Å². The van der Waals surface area contributed by atoms with E-state index in [1.165, 1.54) is 23.5 Å². The molecule has 0 unspecified atom stereocenters. The van der Waals surface area contributed by atoms with E-state index in [0.717, 1.165) is 61.4 Å². The van der Waals surface area contributed by atoms with Gasteiger partial charge in [0.15, 0.2) is 0 Å². The van der Waals surface area contributed by atoms with Gasteiger partial charge in [-0.25, -0.2) is 8.42 Å². The van der Waals surface area contributed by atoms with Gasteiger partial charge < -0.3 is 19.7 Å². The fourth-order valence-electron chi connectivity index (χ4n) is 5.10. The normalized spacial score (nSPS) is 16.4. The molecule has 3 heterocycles. The molecular weight excluding hydrogens is 664 g/mol. The summed E-state index contributed by atoms with van der Waals surface area (Å²) in [6, 6.07) is 7.15. The van der Waals surface area contributed by atoms with Gasteiger partial charge in [-0.2, -0.15) is 14.5 Å². The van der Waals surface area contributed by atoms with E-state index in [2.05, 4.69) is 25.0 Å². The summed E-state index contributed by atoms with van der Waals surface area (Å²) in [6.07, 6.45) is -8.23. The lowest BCUT2D eigenvalue weighted by atomic mass is 10.1. The number of halogens is 6. The first-order valence-electron chi connectivity index (χ1n) is 13.5. The Morgan fingerprint density at radius 1 is 0.957 bits per heavy atom. The Kier molecular flexibility index (Phi) is 9.07. The van der Waals surface area contributed by atoms with Crippen molar-refractivity contribution in [1.82, 2.24) is 19.8 Å². The van der Waals surface area contributed by atoms with Crippen molar-refractivity contribution < 1.29 is 49.0 Å². The Morgan fingerprint density at radius 2 is 1.54 bits per heavy atom. The maximum atomic E-state index is 13.8. The van der Waals surface area contributed by atoms with Crippen LogP contribution in [0, 0.1) is 13.8 Å². The van der Waals surface area contributed by atoms with Gasteiger partial charge in [-0.1, -0.05) is 12.1 Å². The molecule has 4 aromatic rings. The number of nitrogens with one attached hydrogen (secondary N) is 1. The second-order valence-corrected chi connectivity index (χ2v) is 13.1. The molecule has 5 rings (SSSR count). The number of piperazine rings is 1. The number of anilines is 1. The number of sulfonamides is 1. The molecule has 1 atom stereocenters. The Morgan fingerprint density at radius 3 is 2.11 bits per heavy atom. The number of carbonyl (C=O) groups is 1. The summed E-state index contributed by atoms with van der Waals surface area (Å²) in [6.45, 7) is 3.52. The highest BCUT2D eigenvalue weighted by Gasteiger charge is 2.41. The van der Waals surface area contributed by atoms with E-state index in [1.807, 2.05) is 18.7 Å². The van der Waals surface area contributed by atoms with Gasteiger partial charge in [-0.3, -0.25) is 4.79 Å². The monoisotopic (exact) mass is 689 g/mol. The average Bonchev–Trinajstić information content (AvgIpc) is 3.32. The zero-order chi connectivity index (χ0) is 33.4. The fraction of sp³-hybridized carbons (Fsp3) is 0.321. The maximum Gasteiger partial charge on any atom is 0.573 e. The van der Waals surface area contributed by atoms with Crippen LogP contribution in [0.3, 0.4) is 0 Å². The van der Waals surface area contributed by atoms with E-state index in [1.54, 1.807) is 6.20 Å². The maximum absolute atomic E-state index is 13.8. The molecule has 2 aromatic carbocycles. The van der Waals surface area contributed by atoms with Gasteiger partial charge in [-0.05, 0) is 61.4 Å². The number of thiophene rings is 1. The minimum Gasteiger partial charge on any atom is -0.406 e. The quantitative estimate of drug-likeness (QED) is 0.248. The lowest BCUT2D eigenvalue weighted by Gasteiger charge is -2.40. The van der Waals surface area contributed by atoms with Gasteiger partial charge in [0.25, 0.3) is 0 Å². The number of nitrogens with zero attached hydrogens (tertiary/aromatic N) is 4. The van der Waals surface area contributed by atoms with Crippen molar-refractivity contribution in [3.05, 3.63) is 71.5 Å². The Balaban J connectivity index is 1.41. The molecule has 46 heavy (non-hydrogen) atoms. The first kappa shape index (κ1) is 33.2. The number of benzene rings is 2. The first-order chi connectivity index (χ1) is 21.5. The van der Waals surface area contributed by atoms with Crippen LogP contribution in [-0.4, -0.2) is 67.2 Å². The first-order valence-corrected chi connectivity index (χ1v) is 15.7. The van der Waals surface area contributed by atoms with E-state index >= 15 is 0 Å². The summed E-state index contributed by atoms with van der Waals surface area (Å²) in [4.78, 5) is 15.2. The molecule has 1 saturated heterocycles. The second-order valence-electron chi connectivity index (χ2n) is 10.2. The van der Waals surface area contributed by atoms with Gasteiger partial charge in [0.05, 0.1) is 26.5 Å². The number of aryl methyl sites for hydroxylation is 2. The summed E-state index contributed by atoms with van der Waals surface area (Å²) in [5.41, 5.74) is 2.00. The number of ether oxygens (including phenoxy) is 2. The van der Waals surface area contributed by atoms with E-state index in [0.29, 0.717) is 11.3 Å². The molecule has 2 aromatic heterocycles. The molecule has 18 heteroatoms. The van der Waals surface area contributed by atoms with E-state index < -0.39 is 46.2 Å². The summed E-state index contributed by atoms with van der Waals surface area (Å²) < 4.78 is 112. The van der Waals surface area contributed by atoms with Crippen molar-refractivity contribution in [2.75, 3.05) is 24.5 Å². The Hall–Kier alpha value is -4.16. The number of amides is 1. The summed E-state index contributed by atoms with van der Waals surface area (Å²) in [5, 5.41) is 12.4. The zero-order valence-corrected chi connectivity index (χ0v) is 25.6. The van der Waals surface area contributed by atoms with Gasteiger partial charge in [0.1, 0.15) is 17.5 Å². The van der Waals surface area contributed by atoms with Crippen LogP contribution < -0.4 is 19.7 Å². The smallest absolute Gasteiger partial charge is 0.406 e. The van der Waals surface area contributed by atoms with Crippen molar-refractivity contribution in [1.29, 1.82) is 0 Å². The van der Waals surface area contributed by atoms with Crippen LogP contribution in [0.5, 0.6) is 11.5 Å². The lowest BCUT2D eigenvalue weighted by Crippen LogP contribution is -2.60. The van der Waals surface area contributed by atoms with E-state index in [4.69, 9.17) is 0 Å². The highest BCUT2D eigenvalue weighted by molar-refractivity contribution is 7.89. The number of alkyl halides is 6. The SMILES string of the molecule is Cc1nncc2sc(N3CCN(S(=O)(=O)c4ccc(OC(F)(F)F)cc4)[C@@H](C(=O)NCc4ccc(OC(F)(F)F)cc4)C3)c(C)c12. The average molecular weight is 690 g/mol. The van der Waals surface area contributed by atoms with Crippen LogP contribution in [0.15, 0.2) is 59.6 Å². The third kappa shape index (κ3) is 7.45. The topological polar surface area (TPSA) is 114 Å². The number of fused-ring (bicyclic) bond motifs is 1. The standard InChI is InChI=1S/C28H25F6N5O5S2/c1-16-24-17(2)37-36-14-23(24)45-26(16)38-11-12-39(46(41,42)21-9-7-20(8-10-21)44-28(32,33)34)22(15-38)25(40)35-13-18-3-5-19(6-4-18)43-27(29,30)31/h3-10,14,22H,11-13,15H2,1-2H3,(H,35,40)/t22-/m1/s1. The van der Waals surface area contributed by atoms with Crippen LogP contribution in [0.1, 0.15) is 16.8 Å². The van der Waals surface area contributed by atoms with Crippen LogP contribution in [0.4, 0.5) is 31.3 Å². The predicted molar refractivity (Wildman–Crippen MR) is 155 cm³/mol. The number of carbonyl (C=O) groups excluding carboxylic acids is 1. The second kappa shape index (κ2) is 12.6. The number of hydrogen-bond donors (Lipinski definition) is 1. The Labute approximate surface area is 262 Å². The van der Waals surface area contributed by atoms with Crippen molar-refractivity contribution in [2.45, 2.75) is 44.1 Å². The molecule has 0 spiro atoms. The van der Waals surface area contributed by atoms with Gasteiger partial charge >= 0.3 is 12.7 Å². The highest BCUT2D eigenvalue weighted by atomic mass is 32.2. The van der Waals surface area contributed by atoms with Crippen molar-refractivity contribution in [3.8, 4) is 11.5 Å². The van der Waals surface area contributed by atoms with E-state index in [-0.39, 0.29) is 31.1 Å². The summed E-state index contributed by atoms with van der Waals surface area (Å²) in [5.74, 6) is -1.76. The predicted octanol–water partition coefficient (Wildman–Crippen LogP) is 5.30. The van der Waals surface area contributed by atoms with Crippen molar-refractivity contribution >= 4 is 42.4 Å². The van der Waals surface area contributed by atoms with Gasteiger partial charge in [-0.15, -0.1) is 37.7 Å². The molecule has 0 radical (unpaired) electrons. The minimum atomic E-state index is -4.97. The zero-order valence-electron chi connectivity index (χ0n) is 24.0. The molecule has 0 aliphatic carbocycles. The molecule has 246 valence electrons. The molecule has 0 bridgehead atoms. The minimum absolute atomic E-state index is 0.0771. The molecule has 1 fully saturated rings.